The maximum absolute atomic E-state index is 12.9. The van der Waals surface area contributed by atoms with Crippen molar-refractivity contribution in [2.24, 2.45) is 5.73 Å². The summed E-state index contributed by atoms with van der Waals surface area (Å²) in [7, 11) is 0. The van der Waals surface area contributed by atoms with Crippen molar-refractivity contribution >= 4 is 10.9 Å². The van der Waals surface area contributed by atoms with Crippen LogP contribution in [0.5, 0.6) is 0 Å². The largest absolute Gasteiger partial charge is 0.361 e. The van der Waals surface area contributed by atoms with E-state index in [1.807, 2.05) is 6.20 Å². The molecule has 0 aliphatic heterocycles. The smallest absolute Gasteiger partial charge is 0.125 e. The van der Waals surface area contributed by atoms with Crippen LogP contribution in [0.4, 0.5) is 4.39 Å². The first-order valence-corrected chi connectivity index (χ1v) is 5.21. The molecule has 15 heavy (non-hydrogen) atoms. The number of H-pyrrole nitrogens is 1. The Morgan fingerprint density at radius 1 is 1.47 bits per heavy atom. The quantitative estimate of drug-likeness (QED) is 0.796. The first-order chi connectivity index (χ1) is 7.20. The van der Waals surface area contributed by atoms with Gasteiger partial charge < -0.3 is 10.7 Å². The number of halogens is 1. The summed E-state index contributed by atoms with van der Waals surface area (Å²) in [6.07, 6.45) is 3.70. The van der Waals surface area contributed by atoms with Crippen LogP contribution in [0.25, 0.3) is 10.9 Å². The number of hydrogen-bond donors (Lipinski definition) is 2. The van der Waals surface area contributed by atoms with E-state index in [0.717, 1.165) is 23.7 Å². The van der Waals surface area contributed by atoms with Crippen LogP contribution < -0.4 is 5.73 Å². The molecule has 2 rings (SSSR count). The van der Waals surface area contributed by atoms with Crippen molar-refractivity contribution in [3.8, 4) is 0 Å². The molecule has 80 valence electrons. The zero-order valence-electron chi connectivity index (χ0n) is 8.76. The third-order valence-corrected chi connectivity index (χ3v) is 2.74. The van der Waals surface area contributed by atoms with Crippen molar-refractivity contribution in [2.75, 3.05) is 0 Å². The van der Waals surface area contributed by atoms with Crippen LogP contribution in [0.1, 0.15) is 18.9 Å². The van der Waals surface area contributed by atoms with Crippen LogP contribution in [0.3, 0.4) is 0 Å². The number of aromatic nitrogens is 1. The second kappa shape index (κ2) is 4.03. The summed E-state index contributed by atoms with van der Waals surface area (Å²) in [5.74, 6) is -0.212. The van der Waals surface area contributed by atoms with Gasteiger partial charge in [0.15, 0.2) is 0 Å². The molecule has 0 spiro atoms. The Balaban J connectivity index is 2.36. The van der Waals surface area contributed by atoms with Gasteiger partial charge in [0.2, 0.25) is 0 Å². The van der Waals surface area contributed by atoms with Crippen molar-refractivity contribution in [3.05, 3.63) is 35.8 Å². The molecule has 2 aromatic rings. The fourth-order valence-corrected chi connectivity index (χ4v) is 1.75. The maximum atomic E-state index is 12.9. The summed E-state index contributed by atoms with van der Waals surface area (Å²) in [6, 6.07) is 4.97. The second-order valence-corrected chi connectivity index (χ2v) is 3.88. The number of nitrogens with two attached hydrogens (primary N) is 1. The standard InChI is InChI=1S/C12H15FN2/c1-2-10(14)5-8-7-15-12-6-9(13)3-4-11(8)12/h3-4,6-7,10,15H,2,5,14H2,1H3/t10-/m0/s1. The van der Waals surface area contributed by atoms with Gasteiger partial charge in [0.1, 0.15) is 5.82 Å². The Labute approximate surface area is 88.3 Å². The molecule has 0 fully saturated rings. The topological polar surface area (TPSA) is 41.8 Å². The summed E-state index contributed by atoms with van der Waals surface area (Å²) in [5.41, 5.74) is 7.90. The molecule has 0 amide bonds. The van der Waals surface area contributed by atoms with Gasteiger partial charge in [0, 0.05) is 23.1 Å². The predicted octanol–water partition coefficient (Wildman–Crippen LogP) is 2.59. The Kier molecular flexibility index (Phi) is 2.73. The van der Waals surface area contributed by atoms with E-state index in [0.29, 0.717) is 0 Å². The first-order valence-electron chi connectivity index (χ1n) is 5.21. The summed E-state index contributed by atoms with van der Waals surface area (Å²) in [6.45, 7) is 2.07. The molecular formula is C12H15FN2. The molecule has 0 aliphatic carbocycles. The molecule has 0 unspecified atom stereocenters. The zero-order chi connectivity index (χ0) is 10.8. The fourth-order valence-electron chi connectivity index (χ4n) is 1.75. The average molecular weight is 206 g/mol. The highest BCUT2D eigenvalue weighted by Gasteiger charge is 2.07. The van der Waals surface area contributed by atoms with Crippen LogP contribution in [-0.2, 0) is 6.42 Å². The minimum atomic E-state index is -0.212. The minimum absolute atomic E-state index is 0.175. The van der Waals surface area contributed by atoms with Gasteiger partial charge in [-0.25, -0.2) is 4.39 Å². The molecule has 0 bridgehead atoms. The van der Waals surface area contributed by atoms with Crippen LogP contribution in [0, 0.1) is 5.82 Å². The Bertz CT molecular complexity index is 462. The van der Waals surface area contributed by atoms with Crippen LogP contribution in [0.2, 0.25) is 0 Å². The molecule has 1 aromatic carbocycles. The van der Waals surface area contributed by atoms with Gasteiger partial charge in [-0.15, -0.1) is 0 Å². The summed E-state index contributed by atoms with van der Waals surface area (Å²) >= 11 is 0. The molecule has 3 heteroatoms. The van der Waals surface area contributed by atoms with E-state index in [9.17, 15) is 4.39 Å². The second-order valence-electron chi connectivity index (χ2n) is 3.88. The summed E-state index contributed by atoms with van der Waals surface area (Å²) < 4.78 is 12.9. The van der Waals surface area contributed by atoms with Crippen molar-refractivity contribution in [1.29, 1.82) is 0 Å². The lowest BCUT2D eigenvalue weighted by Gasteiger charge is -2.06. The lowest BCUT2D eigenvalue weighted by Crippen LogP contribution is -2.21. The third kappa shape index (κ3) is 2.02. The van der Waals surface area contributed by atoms with Crippen LogP contribution >= 0.6 is 0 Å². The highest BCUT2D eigenvalue weighted by Crippen LogP contribution is 2.20. The number of rotatable bonds is 3. The summed E-state index contributed by atoms with van der Waals surface area (Å²) in [5, 5.41) is 1.07. The minimum Gasteiger partial charge on any atom is -0.361 e. The monoisotopic (exact) mass is 206 g/mol. The third-order valence-electron chi connectivity index (χ3n) is 2.74. The Morgan fingerprint density at radius 2 is 2.27 bits per heavy atom. The van der Waals surface area contributed by atoms with E-state index in [4.69, 9.17) is 5.73 Å². The number of aromatic amines is 1. The highest BCUT2D eigenvalue weighted by atomic mass is 19.1. The van der Waals surface area contributed by atoms with E-state index in [1.165, 1.54) is 17.7 Å². The van der Waals surface area contributed by atoms with E-state index >= 15 is 0 Å². The predicted molar refractivity (Wildman–Crippen MR) is 60.2 cm³/mol. The van der Waals surface area contributed by atoms with Gasteiger partial charge in [-0.1, -0.05) is 6.92 Å². The van der Waals surface area contributed by atoms with Gasteiger partial charge >= 0.3 is 0 Å². The SMILES string of the molecule is CC[C@H](N)Cc1c[nH]c2cc(F)ccc12. The zero-order valence-corrected chi connectivity index (χ0v) is 8.76. The summed E-state index contributed by atoms with van der Waals surface area (Å²) in [4.78, 5) is 3.06. The molecule has 2 nitrogen and oxygen atoms in total. The van der Waals surface area contributed by atoms with E-state index in [1.54, 1.807) is 6.07 Å². The van der Waals surface area contributed by atoms with E-state index in [-0.39, 0.29) is 11.9 Å². The first kappa shape index (κ1) is 10.2. The van der Waals surface area contributed by atoms with Gasteiger partial charge in [-0.05, 0) is 36.6 Å². The highest BCUT2D eigenvalue weighted by molar-refractivity contribution is 5.83. The molecule has 0 saturated heterocycles. The Hall–Kier alpha value is -1.35. The van der Waals surface area contributed by atoms with Crippen molar-refractivity contribution < 1.29 is 4.39 Å². The lowest BCUT2D eigenvalue weighted by atomic mass is 10.0. The molecular weight excluding hydrogens is 191 g/mol. The van der Waals surface area contributed by atoms with E-state index < -0.39 is 0 Å². The Morgan fingerprint density at radius 3 is 3.00 bits per heavy atom. The molecule has 0 aliphatic rings. The van der Waals surface area contributed by atoms with Crippen LogP contribution in [0.15, 0.2) is 24.4 Å². The van der Waals surface area contributed by atoms with Gasteiger partial charge in [0.05, 0.1) is 0 Å². The van der Waals surface area contributed by atoms with Crippen molar-refractivity contribution in [3.63, 3.8) is 0 Å². The van der Waals surface area contributed by atoms with E-state index in [2.05, 4.69) is 11.9 Å². The lowest BCUT2D eigenvalue weighted by molar-refractivity contribution is 0.629. The number of nitrogens with one attached hydrogen (secondary N) is 1. The van der Waals surface area contributed by atoms with Crippen LogP contribution in [-0.4, -0.2) is 11.0 Å². The molecule has 1 aromatic heterocycles. The van der Waals surface area contributed by atoms with Crippen molar-refractivity contribution in [1.82, 2.24) is 4.98 Å². The number of benzene rings is 1. The molecule has 3 N–H and O–H groups in total. The van der Waals surface area contributed by atoms with Gasteiger partial charge in [-0.3, -0.25) is 0 Å². The number of hydrogen-bond acceptors (Lipinski definition) is 1. The fraction of sp³-hybridized carbons (Fsp3) is 0.333. The van der Waals surface area contributed by atoms with Gasteiger partial charge in [-0.2, -0.15) is 0 Å². The van der Waals surface area contributed by atoms with Gasteiger partial charge in [0.25, 0.3) is 0 Å². The maximum Gasteiger partial charge on any atom is 0.125 e. The molecule has 1 heterocycles. The normalized spacial score (nSPS) is 13.3. The molecule has 1 atom stereocenters. The molecule has 0 radical (unpaired) electrons. The number of fused-ring (bicyclic) bond motifs is 1. The van der Waals surface area contributed by atoms with Crippen molar-refractivity contribution in [2.45, 2.75) is 25.8 Å². The average Bonchev–Trinajstić information content (AvgIpc) is 2.60. The molecule has 0 saturated carbocycles.